The lowest BCUT2D eigenvalue weighted by molar-refractivity contribution is 0.547. The number of nitrogens with zero attached hydrogens (tertiary/aromatic N) is 3. The number of hydrogen-bond acceptors (Lipinski definition) is 3. The van der Waals surface area contributed by atoms with Crippen LogP contribution in [0.4, 0.5) is 14.5 Å². The van der Waals surface area contributed by atoms with Crippen molar-refractivity contribution in [3.63, 3.8) is 0 Å². The molecule has 0 aliphatic carbocycles. The molecule has 6 heteroatoms. The fraction of sp³-hybridized carbons (Fsp3) is 0.471. The zero-order valence-corrected chi connectivity index (χ0v) is 13.7. The van der Waals surface area contributed by atoms with Crippen molar-refractivity contribution in [2.24, 2.45) is 7.05 Å². The predicted octanol–water partition coefficient (Wildman–Crippen LogP) is 2.68. The summed E-state index contributed by atoms with van der Waals surface area (Å²) in [5.41, 5.74) is 3.90. The maximum Gasteiger partial charge on any atom is 0.149 e. The van der Waals surface area contributed by atoms with Gasteiger partial charge in [-0.15, -0.1) is 0 Å². The maximum atomic E-state index is 13.9. The summed E-state index contributed by atoms with van der Waals surface area (Å²) in [4.78, 5) is 1.97. The van der Waals surface area contributed by atoms with Gasteiger partial charge in [-0.1, -0.05) is 0 Å². The second-order valence-electron chi connectivity index (χ2n) is 6.18. The van der Waals surface area contributed by atoms with Gasteiger partial charge in [0.1, 0.15) is 11.6 Å². The average Bonchev–Trinajstić information content (AvgIpc) is 3.04. The highest BCUT2D eigenvalue weighted by Crippen LogP contribution is 2.24. The van der Waals surface area contributed by atoms with Crippen LogP contribution in [0.15, 0.2) is 18.2 Å². The largest absolute Gasteiger partial charge is 0.368 e. The minimum Gasteiger partial charge on any atom is -0.368 e. The first kappa shape index (κ1) is 15.9. The van der Waals surface area contributed by atoms with Crippen LogP contribution in [0.3, 0.4) is 0 Å². The van der Waals surface area contributed by atoms with Crippen LogP contribution >= 0.6 is 0 Å². The highest BCUT2D eigenvalue weighted by atomic mass is 19.1. The molecule has 4 nitrogen and oxygen atoms in total. The Kier molecular flexibility index (Phi) is 4.35. The molecule has 2 aromatic rings. The van der Waals surface area contributed by atoms with E-state index in [0.29, 0.717) is 11.7 Å². The minimum atomic E-state index is -0.539. The molecule has 3 rings (SSSR count). The number of halogens is 2. The number of hydrogen-bond donors (Lipinski definition) is 1. The molecular weight excluding hydrogens is 298 g/mol. The van der Waals surface area contributed by atoms with Gasteiger partial charge in [0.2, 0.25) is 0 Å². The van der Waals surface area contributed by atoms with Gasteiger partial charge in [-0.05, 0) is 32.4 Å². The highest BCUT2D eigenvalue weighted by Gasteiger charge is 2.24. The SMILES string of the molecule is Cc1nn(C)c(C)c1CNC1CCN(c2ccc(F)cc2F)C1. The van der Waals surface area contributed by atoms with Crippen LogP contribution in [-0.2, 0) is 13.6 Å². The Morgan fingerprint density at radius 3 is 2.74 bits per heavy atom. The summed E-state index contributed by atoms with van der Waals surface area (Å²) >= 11 is 0. The van der Waals surface area contributed by atoms with E-state index in [9.17, 15) is 8.78 Å². The molecule has 23 heavy (non-hydrogen) atoms. The van der Waals surface area contributed by atoms with Gasteiger partial charge in [0, 0.05) is 50.0 Å². The molecule has 1 aromatic carbocycles. The van der Waals surface area contributed by atoms with Crippen molar-refractivity contribution in [3.8, 4) is 0 Å². The average molecular weight is 320 g/mol. The lowest BCUT2D eigenvalue weighted by Gasteiger charge is -2.19. The summed E-state index contributed by atoms with van der Waals surface area (Å²) in [6, 6.07) is 4.06. The fourth-order valence-electron chi connectivity index (χ4n) is 3.20. The normalized spacial score (nSPS) is 18.0. The highest BCUT2D eigenvalue weighted by molar-refractivity contribution is 5.49. The monoisotopic (exact) mass is 320 g/mol. The van der Waals surface area contributed by atoms with E-state index in [0.717, 1.165) is 43.5 Å². The standard InChI is InChI=1S/C17H22F2N4/c1-11-15(12(2)22(3)21-11)9-20-14-6-7-23(10-14)17-5-4-13(18)8-16(17)19/h4-5,8,14,20H,6-7,9-10H2,1-3H3. The molecule has 0 amide bonds. The van der Waals surface area contributed by atoms with Gasteiger partial charge in [-0.25, -0.2) is 8.78 Å². The number of aromatic nitrogens is 2. The van der Waals surface area contributed by atoms with E-state index in [1.165, 1.54) is 17.7 Å². The molecule has 2 heterocycles. The van der Waals surface area contributed by atoms with Crippen molar-refractivity contribution in [1.29, 1.82) is 0 Å². The van der Waals surface area contributed by atoms with Crippen molar-refractivity contribution < 1.29 is 8.78 Å². The van der Waals surface area contributed by atoms with Gasteiger partial charge < -0.3 is 10.2 Å². The molecule has 1 atom stereocenters. The summed E-state index contributed by atoms with van der Waals surface area (Å²) in [5, 5.41) is 7.95. The quantitative estimate of drug-likeness (QED) is 0.940. The van der Waals surface area contributed by atoms with Gasteiger partial charge >= 0.3 is 0 Å². The topological polar surface area (TPSA) is 33.1 Å². The Bertz CT molecular complexity index is 711. The molecular formula is C17H22F2N4. The van der Waals surface area contributed by atoms with E-state index in [-0.39, 0.29) is 0 Å². The summed E-state index contributed by atoms with van der Waals surface area (Å²) in [5.74, 6) is -1.03. The molecule has 0 radical (unpaired) electrons. The molecule has 0 spiro atoms. The molecule has 1 saturated heterocycles. The summed E-state index contributed by atoms with van der Waals surface area (Å²) < 4.78 is 28.8. The van der Waals surface area contributed by atoms with E-state index in [4.69, 9.17) is 0 Å². The van der Waals surface area contributed by atoms with Crippen molar-refractivity contribution in [2.75, 3.05) is 18.0 Å². The number of nitrogens with one attached hydrogen (secondary N) is 1. The van der Waals surface area contributed by atoms with E-state index in [1.54, 1.807) is 0 Å². The van der Waals surface area contributed by atoms with Gasteiger partial charge in [0.15, 0.2) is 0 Å². The lowest BCUT2D eigenvalue weighted by atomic mass is 10.1. The van der Waals surface area contributed by atoms with Gasteiger partial charge in [-0.2, -0.15) is 5.10 Å². The van der Waals surface area contributed by atoms with Crippen LogP contribution < -0.4 is 10.2 Å². The fourth-order valence-corrected chi connectivity index (χ4v) is 3.20. The number of aryl methyl sites for hydroxylation is 2. The number of benzene rings is 1. The van der Waals surface area contributed by atoms with Crippen LogP contribution in [0.1, 0.15) is 23.4 Å². The Morgan fingerprint density at radius 1 is 1.30 bits per heavy atom. The van der Waals surface area contributed by atoms with Crippen molar-refractivity contribution in [2.45, 2.75) is 32.9 Å². The third kappa shape index (κ3) is 3.22. The van der Waals surface area contributed by atoms with Crippen LogP contribution in [-0.4, -0.2) is 28.9 Å². The second-order valence-corrected chi connectivity index (χ2v) is 6.18. The third-order valence-corrected chi connectivity index (χ3v) is 4.67. The molecule has 1 aliphatic heterocycles. The molecule has 1 aliphatic rings. The van der Waals surface area contributed by atoms with Gasteiger partial charge in [-0.3, -0.25) is 4.68 Å². The van der Waals surface area contributed by atoms with Crippen LogP contribution in [0.5, 0.6) is 0 Å². The van der Waals surface area contributed by atoms with E-state index in [2.05, 4.69) is 17.3 Å². The van der Waals surface area contributed by atoms with E-state index in [1.807, 2.05) is 23.6 Å². The van der Waals surface area contributed by atoms with Gasteiger partial charge in [0.25, 0.3) is 0 Å². The first-order chi connectivity index (χ1) is 11.0. The zero-order valence-electron chi connectivity index (χ0n) is 13.7. The Labute approximate surface area is 135 Å². The summed E-state index contributed by atoms with van der Waals surface area (Å²) in [6.07, 6.45) is 0.940. The Hall–Kier alpha value is -1.95. The predicted molar refractivity (Wildman–Crippen MR) is 86.5 cm³/mol. The first-order valence-corrected chi connectivity index (χ1v) is 7.88. The number of anilines is 1. The molecule has 1 unspecified atom stereocenters. The third-order valence-electron chi connectivity index (χ3n) is 4.67. The maximum absolute atomic E-state index is 13.9. The summed E-state index contributed by atoms with van der Waals surface area (Å²) in [6.45, 7) is 6.33. The molecule has 1 N–H and O–H groups in total. The lowest BCUT2D eigenvalue weighted by Crippen LogP contribution is -2.32. The second kappa shape index (κ2) is 6.28. The van der Waals surface area contributed by atoms with Gasteiger partial charge in [0.05, 0.1) is 11.4 Å². The van der Waals surface area contributed by atoms with Crippen molar-refractivity contribution in [1.82, 2.24) is 15.1 Å². The molecule has 1 fully saturated rings. The van der Waals surface area contributed by atoms with Crippen LogP contribution in [0.2, 0.25) is 0 Å². The van der Waals surface area contributed by atoms with Crippen LogP contribution in [0.25, 0.3) is 0 Å². The smallest absolute Gasteiger partial charge is 0.149 e. The molecule has 124 valence electrons. The van der Waals surface area contributed by atoms with Crippen molar-refractivity contribution in [3.05, 3.63) is 46.8 Å². The summed E-state index contributed by atoms with van der Waals surface area (Å²) in [7, 11) is 1.94. The Balaban J connectivity index is 1.62. The Morgan fingerprint density at radius 2 is 2.09 bits per heavy atom. The molecule has 0 saturated carbocycles. The van der Waals surface area contributed by atoms with Crippen molar-refractivity contribution >= 4 is 5.69 Å². The minimum absolute atomic E-state index is 0.290. The number of rotatable bonds is 4. The van der Waals surface area contributed by atoms with E-state index < -0.39 is 11.6 Å². The zero-order chi connectivity index (χ0) is 16.6. The van der Waals surface area contributed by atoms with Crippen LogP contribution in [0, 0.1) is 25.5 Å². The molecule has 0 bridgehead atoms. The molecule has 1 aromatic heterocycles. The first-order valence-electron chi connectivity index (χ1n) is 7.88. The van der Waals surface area contributed by atoms with E-state index >= 15 is 0 Å².